The van der Waals surface area contributed by atoms with E-state index < -0.39 is 0 Å². The zero-order valence-corrected chi connectivity index (χ0v) is 17.5. The Bertz CT molecular complexity index is 698. The number of aliphatic imine (C=N–C) groups is 1. The van der Waals surface area contributed by atoms with Gasteiger partial charge in [0.25, 0.3) is 0 Å². The molecule has 0 saturated carbocycles. The van der Waals surface area contributed by atoms with Crippen LogP contribution in [0, 0.1) is 0 Å². The average Bonchev–Trinajstić information content (AvgIpc) is 2.65. The van der Waals surface area contributed by atoms with Crippen molar-refractivity contribution in [3.8, 4) is 0 Å². The van der Waals surface area contributed by atoms with Crippen LogP contribution < -0.4 is 0 Å². The normalized spacial score (nSPS) is 15.4. The van der Waals surface area contributed by atoms with E-state index in [2.05, 4.69) is 84.1 Å². The summed E-state index contributed by atoms with van der Waals surface area (Å²) in [5.74, 6) is 0.973. The first-order valence-corrected chi connectivity index (χ1v) is 10.2. The zero-order valence-electron chi connectivity index (χ0n) is 17.5. The molecule has 0 aromatic heterocycles. The monoisotopic (exact) mass is 349 g/mol. The molecule has 0 fully saturated rings. The van der Waals surface area contributed by atoms with Gasteiger partial charge >= 0.3 is 0 Å². The van der Waals surface area contributed by atoms with Gasteiger partial charge in [-0.25, -0.2) is 0 Å². The van der Waals surface area contributed by atoms with Crippen molar-refractivity contribution in [2.75, 3.05) is 6.54 Å². The molecule has 26 heavy (non-hydrogen) atoms. The van der Waals surface area contributed by atoms with Crippen molar-refractivity contribution in [2.45, 2.75) is 72.6 Å². The smallest absolute Gasteiger partial charge is 0.0573 e. The van der Waals surface area contributed by atoms with Crippen LogP contribution in [-0.4, -0.2) is 12.3 Å². The highest BCUT2D eigenvalue weighted by Gasteiger charge is 2.20. The summed E-state index contributed by atoms with van der Waals surface area (Å²) in [5.41, 5.74) is 8.41. The van der Waals surface area contributed by atoms with E-state index >= 15 is 0 Å². The summed E-state index contributed by atoms with van der Waals surface area (Å²) in [7, 11) is 0. The lowest BCUT2D eigenvalue weighted by atomic mass is 9.82. The highest BCUT2D eigenvalue weighted by atomic mass is 14.7. The molecule has 1 aromatic rings. The third kappa shape index (κ3) is 4.84. The van der Waals surface area contributed by atoms with Crippen molar-refractivity contribution in [3.63, 3.8) is 0 Å². The van der Waals surface area contributed by atoms with Crippen LogP contribution in [0.4, 0.5) is 0 Å². The molecule has 0 saturated heterocycles. The standard InChI is InChI=1S/C25H35N/c1-7-9-15-26-24(8-2)25-22(18(3)4)16-21(17-23(25)19(5)6)20-13-11-10-12-14-20/h7,9-11,13,16-19H,8,12,14-15H2,1-6H3. The molecule has 1 nitrogen and oxygen atoms in total. The quantitative estimate of drug-likeness (QED) is 0.358. The summed E-state index contributed by atoms with van der Waals surface area (Å²) >= 11 is 0. The third-order valence-electron chi connectivity index (χ3n) is 5.07. The third-order valence-corrected chi connectivity index (χ3v) is 5.07. The largest absolute Gasteiger partial charge is 0.285 e. The Balaban J connectivity index is 2.67. The molecule has 140 valence electrons. The van der Waals surface area contributed by atoms with Gasteiger partial charge in [-0.15, -0.1) is 0 Å². The minimum atomic E-state index is 0.487. The fraction of sp³-hybridized carbons (Fsp3) is 0.480. The molecule has 0 spiro atoms. The lowest BCUT2D eigenvalue weighted by molar-refractivity contribution is 0.825. The maximum atomic E-state index is 4.93. The Morgan fingerprint density at radius 1 is 1.12 bits per heavy atom. The van der Waals surface area contributed by atoms with Gasteiger partial charge in [0.2, 0.25) is 0 Å². The van der Waals surface area contributed by atoms with Crippen LogP contribution >= 0.6 is 0 Å². The second-order valence-electron chi connectivity index (χ2n) is 7.71. The van der Waals surface area contributed by atoms with Crippen molar-refractivity contribution in [3.05, 3.63) is 64.8 Å². The maximum Gasteiger partial charge on any atom is 0.0573 e. The van der Waals surface area contributed by atoms with Gasteiger partial charge in [-0.1, -0.05) is 77.1 Å². The summed E-state index contributed by atoms with van der Waals surface area (Å²) in [5, 5.41) is 0. The molecule has 1 heteroatoms. The van der Waals surface area contributed by atoms with Gasteiger partial charge in [0.05, 0.1) is 6.54 Å². The Hall–Kier alpha value is -1.89. The molecule has 0 aliphatic heterocycles. The lowest BCUT2D eigenvalue weighted by Crippen LogP contribution is -2.12. The summed E-state index contributed by atoms with van der Waals surface area (Å²) < 4.78 is 0. The van der Waals surface area contributed by atoms with Crippen molar-refractivity contribution in [2.24, 2.45) is 4.99 Å². The number of nitrogens with zero attached hydrogens (tertiary/aromatic N) is 1. The minimum Gasteiger partial charge on any atom is -0.285 e. The fourth-order valence-corrected chi connectivity index (χ4v) is 3.60. The highest BCUT2D eigenvalue weighted by molar-refractivity contribution is 6.03. The van der Waals surface area contributed by atoms with E-state index in [1.54, 1.807) is 0 Å². The number of rotatable bonds is 7. The molecule has 0 bridgehead atoms. The maximum absolute atomic E-state index is 4.93. The van der Waals surface area contributed by atoms with Gasteiger partial charge in [0.15, 0.2) is 0 Å². The molecular weight excluding hydrogens is 314 g/mol. The molecule has 0 radical (unpaired) electrons. The number of benzene rings is 1. The molecule has 0 heterocycles. The summed E-state index contributed by atoms with van der Waals surface area (Å²) in [6.45, 7) is 14.3. The van der Waals surface area contributed by atoms with Gasteiger partial charge in [0, 0.05) is 11.3 Å². The van der Waals surface area contributed by atoms with Crippen LogP contribution in [0.25, 0.3) is 5.57 Å². The van der Waals surface area contributed by atoms with E-state index in [4.69, 9.17) is 4.99 Å². The van der Waals surface area contributed by atoms with Gasteiger partial charge in [-0.2, -0.15) is 0 Å². The molecule has 1 aliphatic rings. The Morgan fingerprint density at radius 2 is 1.77 bits per heavy atom. The SMILES string of the molecule is CC=CCN=C(CC)c1c(C(C)C)cc(C2=CC=CCC2)cc1C(C)C. The summed E-state index contributed by atoms with van der Waals surface area (Å²) in [6.07, 6.45) is 14.2. The second-order valence-corrected chi connectivity index (χ2v) is 7.71. The molecule has 0 atom stereocenters. The van der Waals surface area contributed by atoms with E-state index in [9.17, 15) is 0 Å². The molecule has 0 amide bonds. The van der Waals surface area contributed by atoms with Crippen molar-refractivity contribution >= 4 is 11.3 Å². The van der Waals surface area contributed by atoms with Crippen LogP contribution in [0.3, 0.4) is 0 Å². The molecule has 0 N–H and O–H groups in total. The predicted molar refractivity (Wildman–Crippen MR) is 117 cm³/mol. The highest BCUT2D eigenvalue weighted by Crippen LogP contribution is 2.35. The fourth-order valence-electron chi connectivity index (χ4n) is 3.60. The van der Waals surface area contributed by atoms with Crippen LogP contribution in [0.15, 0.2) is 47.5 Å². The number of allylic oxidation sites excluding steroid dienone is 5. The molecular formula is C25H35N. The second kappa shape index (κ2) is 9.71. The Kier molecular flexibility index (Phi) is 7.63. The van der Waals surface area contributed by atoms with E-state index in [0.717, 1.165) is 25.8 Å². The van der Waals surface area contributed by atoms with Crippen LogP contribution in [-0.2, 0) is 0 Å². The number of hydrogen-bond acceptors (Lipinski definition) is 1. The summed E-state index contributed by atoms with van der Waals surface area (Å²) in [6, 6.07) is 4.86. The first kappa shape index (κ1) is 20.4. The van der Waals surface area contributed by atoms with Crippen molar-refractivity contribution in [1.29, 1.82) is 0 Å². The molecule has 1 aromatic carbocycles. The molecule has 1 aliphatic carbocycles. The predicted octanol–water partition coefficient (Wildman–Crippen LogP) is 7.44. The topological polar surface area (TPSA) is 12.4 Å². The van der Waals surface area contributed by atoms with E-state index in [1.165, 1.54) is 33.5 Å². The van der Waals surface area contributed by atoms with Gasteiger partial charge in [-0.05, 0) is 60.3 Å². The van der Waals surface area contributed by atoms with Crippen molar-refractivity contribution in [1.82, 2.24) is 0 Å². The first-order chi connectivity index (χ1) is 12.5. The zero-order chi connectivity index (χ0) is 19.1. The van der Waals surface area contributed by atoms with Crippen molar-refractivity contribution < 1.29 is 0 Å². The van der Waals surface area contributed by atoms with Gasteiger partial charge in [0.1, 0.15) is 0 Å². The average molecular weight is 350 g/mol. The van der Waals surface area contributed by atoms with Gasteiger partial charge < -0.3 is 0 Å². The van der Waals surface area contributed by atoms with Gasteiger partial charge in [-0.3, -0.25) is 4.99 Å². The minimum absolute atomic E-state index is 0.487. The van der Waals surface area contributed by atoms with Crippen LogP contribution in [0.1, 0.15) is 94.9 Å². The van der Waals surface area contributed by atoms with E-state index in [1.807, 2.05) is 0 Å². The van der Waals surface area contributed by atoms with E-state index in [-0.39, 0.29) is 0 Å². The molecule has 0 unspecified atom stereocenters. The molecule has 2 rings (SSSR count). The van der Waals surface area contributed by atoms with Crippen LogP contribution in [0.5, 0.6) is 0 Å². The van der Waals surface area contributed by atoms with E-state index in [0.29, 0.717) is 11.8 Å². The first-order valence-electron chi connectivity index (χ1n) is 10.2. The summed E-state index contributed by atoms with van der Waals surface area (Å²) in [4.78, 5) is 4.93. The lowest BCUT2D eigenvalue weighted by Gasteiger charge is -2.24. The Morgan fingerprint density at radius 3 is 2.23 bits per heavy atom. The number of hydrogen-bond donors (Lipinski definition) is 0. The van der Waals surface area contributed by atoms with Crippen LogP contribution in [0.2, 0.25) is 0 Å². The Labute approximate surface area is 160 Å².